The molecule has 0 fully saturated rings. The molecule has 0 unspecified atom stereocenters. The van der Waals surface area contributed by atoms with Crippen LogP contribution >= 0.6 is 0 Å². The Morgan fingerprint density at radius 3 is 3.00 bits per heavy atom. The molecule has 2 N–H and O–H groups in total. The Balaban J connectivity index is 1.80. The molecule has 4 nitrogen and oxygen atoms in total. The normalized spacial score (nSPS) is 10.7. The number of aromatic nitrogens is 2. The molecule has 4 heteroatoms. The maximum Gasteiger partial charge on any atom is 0.142 e. The number of ether oxygens (including phenoxy) is 1. The lowest BCUT2D eigenvalue weighted by Crippen LogP contribution is -2.02. The van der Waals surface area contributed by atoms with Crippen LogP contribution in [0.1, 0.15) is 12.5 Å². The number of hydrogen-bond acceptors (Lipinski definition) is 3. The Kier molecular flexibility index (Phi) is 3.54. The molecule has 0 aliphatic rings. The minimum atomic E-state index is 0.662. The lowest BCUT2D eigenvalue weighted by Gasteiger charge is -2.11. The number of nitrogens with one attached hydrogen (secondary N) is 2. The van der Waals surface area contributed by atoms with Gasteiger partial charge in [-0.1, -0.05) is 12.1 Å². The van der Waals surface area contributed by atoms with Crippen molar-refractivity contribution in [2.45, 2.75) is 13.5 Å². The Hall–Kier alpha value is -2.49. The molecule has 0 amide bonds. The molecule has 3 aromatic rings. The zero-order valence-corrected chi connectivity index (χ0v) is 11.4. The molecule has 0 saturated carbocycles. The summed E-state index contributed by atoms with van der Waals surface area (Å²) >= 11 is 0. The van der Waals surface area contributed by atoms with E-state index < -0.39 is 0 Å². The van der Waals surface area contributed by atoms with Gasteiger partial charge < -0.3 is 15.0 Å². The van der Waals surface area contributed by atoms with Crippen LogP contribution in [0, 0.1) is 0 Å². The molecule has 0 aliphatic heterocycles. The molecule has 20 heavy (non-hydrogen) atoms. The summed E-state index contributed by atoms with van der Waals surface area (Å²) in [5, 5.41) is 4.57. The monoisotopic (exact) mass is 267 g/mol. The molecule has 0 bridgehead atoms. The number of pyridine rings is 1. The number of para-hydroxylation sites is 2. The third-order valence-corrected chi connectivity index (χ3v) is 3.19. The summed E-state index contributed by atoms with van der Waals surface area (Å²) < 4.78 is 5.61. The van der Waals surface area contributed by atoms with Crippen LogP contribution in [0.15, 0.2) is 48.8 Å². The van der Waals surface area contributed by atoms with Crippen LogP contribution < -0.4 is 10.1 Å². The average Bonchev–Trinajstić information content (AvgIpc) is 2.90. The summed E-state index contributed by atoms with van der Waals surface area (Å²) in [5.41, 5.74) is 3.12. The van der Waals surface area contributed by atoms with Gasteiger partial charge in [0.25, 0.3) is 0 Å². The van der Waals surface area contributed by atoms with Crippen LogP contribution in [0.2, 0.25) is 0 Å². The Morgan fingerprint density at radius 1 is 1.20 bits per heavy atom. The van der Waals surface area contributed by atoms with Crippen molar-refractivity contribution in [2.24, 2.45) is 0 Å². The van der Waals surface area contributed by atoms with E-state index in [1.165, 1.54) is 5.56 Å². The summed E-state index contributed by atoms with van der Waals surface area (Å²) in [7, 11) is 0. The van der Waals surface area contributed by atoms with Gasteiger partial charge in [-0.3, -0.25) is 0 Å². The minimum absolute atomic E-state index is 0.662. The quantitative estimate of drug-likeness (QED) is 0.743. The number of hydrogen-bond donors (Lipinski definition) is 2. The van der Waals surface area contributed by atoms with Gasteiger partial charge in [0.05, 0.1) is 12.3 Å². The lowest BCUT2D eigenvalue weighted by molar-refractivity contribution is 0.341. The first kappa shape index (κ1) is 12.5. The molecule has 0 spiro atoms. The first-order valence-electron chi connectivity index (χ1n) is 6.75. The average molecular weight is 267 g/mol. The van der Waals surface area contributed by atoms with E-state index in [1.807, 2.05) is 43.5 Å². The van der Waals surface area contributed by atoms with Gasteiger partial charge in [-0.25, -0.2) is 4.98 Å². The number of fused-ring (bicyclic) bond motifs is 1. The van der Waals surface area contributed by atoms with Crippen molar-refractivity contribution in [2.75, 3.05) is 11.9 Å². The fourth-order valence-electron chi connectivity index (χ4n) is 2.24. The Morgan fingerprint density at radius 2 is 2.10 bits per heavy atom. The van der Waals surface area contributed by atoms with Crippen molar-refractivity contribution in [3.63, 3.8) is 0 Å². The van der Waals surface area contributed by atoms with Gasteiger partial charge in [0.1, 0.15) is 11.4 Å². The number of anilines is 1. The Labute approximate surface area is 117 Å². The van der Waals surface area contributed by atoms with Gasteiger partial charge in [-0.05, 0) is 36.8 Å². The van der Waals surface area contributed by atoms with E-state index in [9.17, 15) is 0 Å². The summed E-state index contributed by atoms with van der Waals surface area (Å²) in [6.45, 7) is 3.38. The van der Waals surface area contributed by atoms with E-state index in [0.717, 1.165) is 29.0 Å². The summed E-state index contributed by atoms with van der Waals surface area (Å²) in [6.07, 6.45) is 3.79. The van der Waals surface area contributed by atoms with Crippen molar-refractivity contribution < 1.29 is 4.74 Å². The molecular weight excluding hydrogens is 250 g/mol. The highest BCUT2D eigenvalue weighted by Crippen LogP contribution is 2.25. The van der Waals surface area contributed by atoms with Crippen LogP contribution in [-0.4, -0.2) is 16.6 Å². The zero-order valence-electron chi connectivity index (χ0n) is 11.4. The van der Waals surface area contributed by atoms with Gasteiger partial charge >= 0.3 is 0 Å². The minimum Gasteiger partial charge on any atom is -0.492 e. The van der Waals surface area contributed by atoms with Crippen molar-refractivity contribution in [1.29, 1.82) is 0 Å². The highest BCUT2D eigenvalue weighted by molar-refractivity contribution is 5.79. The van der Waals surface area contributed by atoms with E-state index in [2.05, 4.69) is 21.4 Å². The largest absolute Gasteiger partial charge is 0.492 e. The lowest BCUT2D eigenvalue weighted by atomic mass is 10.2. The predicted molar refractivity (Wildman–Crippen MR) is 81.0 cm³/mol. The third-order valence-electron chi connectivity index (χ3n) is 3.19. The number of benzene rings is 1. The number of aromatic amines is 1. The van der Waals surface area contributed by atoms with E-state index >= 15 is 0 Å². The molecule has 0 atom stereocenters. The molecule has 0 radical (unpaired) electrons. The molecule has 3 rings (SSSR count). The Bertz CT molecular complexity index is 706. The molecule has 1 aromatic carbocycles. The highest BCUT2D eigenvalue weighted by atomic mass is 16.5. The van der Waals surface area contributed by atoms with E-state index in [4.69, 9.17) is 4.74 Å². The zero-order chi connectivity index (χ0) is 13.8. The summed E-state index contributed by atoms with van der Waals surface area (Å²) in [4.78, 5) is 7.48. The van der Waals surface area contributed by atoms with Gasteiger partial charge in [0.2, 0.25) is 0 Å². The van der Waals surface area contributed by atoms with Crippen molar-refractivity contribution in [3.8, 4) is 5.75 Å². The first-order valence-corrected chi connectivity index (χ1v) is 6.75. The highest BCUT2D eigenvalue weighted by Gasteiger charge is 2.05. The maximum absolute atomic E-state index is 5.61. The van der Waals surface area contributed by atoms with Crippen LogP contribution in [0.4, 0.5) is 5.69 Å². The van der Waals surface area contributed by atoms with Crippen molar-refractivity contribution in [3.05, 3.63) is 54.4 Å². The second-order valence-electron chi connectivity index (χ2n) is 4.50. The second kappa shape index (κ2) is 5.65. The molecule has 0 aliphatic carbocycles. The van der Waals surface area contributed by atoms with E-state index in [0.29, 0.717) is 6.61 Å². The van der Waals surface area contributed by atoms with E-state index in [1.54, 1.807) is 6.20 Å². The summed E-state index contributed by atoms with van der Waals surface area (Å²) in [6, 6.07) is 12.0. The number of rotatable bonds is 5. The fourth-order valence-corrected chi connectivity index (χ4v) is 2.24. The standard InChI is InChI=1S/C16H17N3O/c1-2-20-15-8-4-3-7-14(15)18-10-12-11-19-16-13(12)6-5-9-17-16/h3-9,11,18H,2,10H2,1H3,(H,17,19). The third kappa shape index (κ3) is 2.45. The SMILES string of the molecule is CCOc1ccccc1NCc1c[nH]c2ncccc12. The van der Waals surface area contributed by atoms with Crippen LogP contribution in [0.25, 0.3) is 11.0 Å². The van der Waals surface area contributed by atoms with E-state index in [-0.39, 0.29) is 0 Å². The van der Waals surface area contributed by atoms with Crippen molar-refractivity contribution >= 4 is 16.7 Å². The van der Waals surface area contributed by atoms with Gasteiger partial charge in [0.15, 0.2) is 0 Å². The van der Waals surface area contributed by atoms with Crippen molar-refractivity contribution in [1.82, 2.24) is 9.97 Å². The van der Waals surface area contributed by atoms with Crippen LogP contribution in [-0.2, 0) is 6.54 Å². The second-order valence-corrected chi connectivity index (χ2v) is 4.50. The molecule has 0 saturated heterocycles. The van der Waals surface area contributed by atoms with Crippen LogP contribution in [0.5, 0.6) is 5.75 Å². The summed E-state index contributed by atoms with van der Waals surface area (Å²) in [5.74, 6) is 0.882. The topological polar surface area (TPSA) is 49.9 Å². The van der Waals surface area contributed by atoms with Gasteiger partial charge in [0, 0.05) is 24.3 Å². The fraction of sp³-hybridized carbons (Fsp3) is 0.188. The van der Waals surface area contributed by atoms with Gasteiger partial charge in [-0.15, -0.1) is 0 Å². The smallest absolute Gasteiger partial charge is 0.142 e. The molecule has 102 valence electrons. The first-order chi connectivity index (χ1) is 9.88. The maximum atomic E-state index is 5.61. The number of H-pyrrole nitrogens is 1. The molecular formula is C16H17N3O. The molecule has 2 aromatic heterocycles. The number of nitrogens with zero attached hydrogens (tertiary/aromatic N) is 1. The molecule has 2 heterocycles. The van der Waals surface area contributed by atoms with Crippen LogP contribution in [0.3, 0.4) is 0 Å². The predicted octanol–water partition coefficient (Wildman–Crippen LogP) is 3.57. The van der Waals surface area contributed by atoms with Gasteiger partial charge in [-0.2, -0.15) is 0 Å².